The lowest BCUT2D eigenvalue weighted by Gasteiger charge is -2.27. The van der Waals surface area contributed by atoms with E-state index in [1.54, 1.807) is 12.1 Å². The molecule has 0 aliphatic heterocycles. The molecule has 1 heterocycles. The summed E-state index contributed by atoms with van der Waals surface area (Å²) in [6, 6.07) is 5.73. The van der Waals surface area contributed by atoms with Gasteiger partial charge in [-0.2, -0.15) is 5.10 Å². The minimum Gasteiger partial charge on any atom is -0.481 e. The highest BCUT2D eigenvalue weighted by molar-refractivity contribution is 6.06. The Bertz CT molecular complexity index is 928. The van der Waals surface area contributed by atoms with Crippen molar-refractivity contribution < 1.29 is 24.6 Å². The fraction of sp³-hybridized carbons (Fsp3) is 0.524. The van der Waals surface area contributed by atoms with Crippen molar-refractivity contribution in [3.8, 4) is 0 Å². The summed E-state index contributed by atoms with van der Waals surface area (Å²) in [6.45, 7) is 3.25. The first-order chi connectivity index (χ1) is 13.7. The first kappa shape index (κ1) is 20.8. The highest BCUT2D eigenvalue weighted by atomic mass is 16.4. The van der Waals surface area contributed by atoms with Crippen molar-refractivity contribution in [2.75, 3.05) is 0 Å². The SMILES string of the molecule is CC(C)(C(=O)O)[C@@H](NC(=O)c1nn(CC2CCCCC2)c2ccccc12)C(=O)O. The summed E-state index contributed by atoms with van der Waals surface area (Å²) in [5.41, 5.74) is -0.751. The third-order valence-corrected chi connectivity index (χ3v) is 5.82. The van der Waals surface area contributed by atoms with Gasteiger partial charge in [-0.1, -0.05) is 37.5 Å². The van der Waals surface area contributed by atoms with E-state index < -0.39 is 29.3 Å². The van der Waals surface area contributed by atoms with Crippen LogP contribution in [-0.2, 0) is 16.1 Å². The first-order valence-electron chi connectivity index (χ1n) is 9.94. The van der Waals surface area contributed by atoms with Gasteiger partial charge in [0.25, 0.3) is 5.91 Å². The van der Waals surface area contributed by atoms with Crippen LogP contribution in [0.5, 0.6) is 0 Å². The number of benzene rings is 1. The molecule has 1 atom stereocenters. The fourth-order valence-electron chi connectivity index (χ4n) is 3.92. The smallest absolute Gasteiger partial charge is 0.327 e. The van der Waals surface area contributed by atoms with E-state index in [1.165, 1.54) is 33.1 Å². The van der Waals surface area contributed by atoms with Crippen molar-refractivity contribution in [1.82, 2.24) is 15.1 Å². The number of nitrogens with one attached hydrogen (secondary N) is 1. The number of amides is 1. The molecule has 1 saturated carbocycles. The van der Waals surface area contributed by atoms with E-state index >= 15 is 0 Å². The monoisotopic (exact) mass is 401 g/mol. The number of aliphatic carboxylic acids is 2. The van der Waals surface area contributed by atoms with Gasteiger partial charge < -0.3 is 15.5 Å². The zero-order valence-corrected chi connectivity index (χ0v) is 16.7. The van der Waals surface area contributed by atoms with Crippen LogP contribution in [0.15, 0.2) is 24.3 Å². The van der Waals surface area contributed by atoms with Gasteiger partial charge in [-0.25, -0.2) is 4.79 Å². The Labute approximate surface area is 168 Å². The zero-order valence-electron chi connectivity index (χ0n) is 16.7. The minimum atomic E-state index is -1.68. The van der Waals surface area contributed by atoms with Crippen LogP contribution < -0.4 is 5.32 Å². The average molecular weight is 401 g/mol. The summed E-state index contributed by atoms with van der Waals surface area (Å²) in [7, 11) is 0. The van der Waals surface area contributed by atoms with Crippen LogP contribution in [0.25, 0.3) is 10.9 Å². The van der Waals surface area contributed by atoms with E-state index in [1.807, 2.05) is 16.8 Å². The number of carboxylic acid groups (broad SMARTS) is 2. The van der Waals surface area contributed by atoms with Crippen LogP contribution in [0, 0.1) is 11.3 Å². The van der Waals surface area contributed by atoms with Gasteiger partial charge in [-0.15, -0.1) is 0 Å². The molecular formula is C21H27N3O5. The molecule has 0 saturated heterocycles. The van der Waals surface area contributed by atoms with Crippen LogP contribution in [-0.4, -0.2) is 43.9 Å². The number of hydrogen-bond acceptors (Lipinski definition) is 4. The van der Waals surface area contributed by atoms with E-state index in [0.29, 0.717) is 17.8 Å². The number of aromatic nitrogens is 2. The molecule has 156 valence electrons. The van der Waals surface area contributed by atoms with Gasteiger partial charge in [0.1, 0.15) is 6.04 Å². The molecule has 8 nitrogen and oxygen atoms in total. The number of fused-ring (bicyclic) bond motifs is 1. The molecule has 0 spiro atoms. The Morgan fingerprint density at radius 2 is 1.83 bits per heavy atom. The maximum absolute atomic E-state index is 12.9. The lowest BCUT2D eigenvalue weighted by Crippen LogP contribution is -2.53. The number of carbonyl (C=O) groups excluding carboxylic acids is 1. The summed E-state index contributed by atoms with van der Waals surface area (Å²) in [4.78, 5) is 36.0. The van der Waals surface area contributed by atoms with Crippen molar-refractivity contribution >= 4 is 28.7 Å². The van der Waals surface area contributed by atoms with Gasteiger partial charge in [0.15, 0.2) is 5.69 Å². The Balaban J connectivity index is 1.91. The number of carboxylic acids is 2. The van der Waals surface area contributed by atoms with Gasteiger partial charge in [-0.3, -0.25) is 14.3 Å². The average Bonchev–Trinajstić information content (AvgIpc) is 3.05. The van der Waals surface area contributed by atoms with E-state index in [-0.39, 0.29) is 5.69 Å². The number of nitrogens with zero attached hydrogens (tertiary/aromatic N) is 2. The zero-order chi connectivity index (χ0) is 21.2. The van der Waals surface area contributed by atoms with Gasteiger partial charge in [-0.05, 0) is 38.7 Å². The summed E-state index contributed by atoms with van der Waals surface area (Å²) >= 11 is 0. The molecule has 8 heteroatoms. The van der Waals surface area contributed by atoms with Crippen LogP contribution in [0.3, 0.4) is 0 Å². The molecular weight excluding hydrogens is 374 g/mol. The number of para-hydroxylation sites is 1. The van der Waals surface area contributed by atoms with Crippen molar-refractivity contribution in [2.45, 2.75) is 58.5 Å². The van der Waals surface area contributed by atoms with E-state index in [2.05, 4.69) is 10.4 Å². The molecule has 2 aromatic rings. The van der Waals surface area contributed by atoms with Crippen molar-refractivity contribution in [1.29, 1.82) is 0 Å². The summed E-state index contributed by atoms with van der Waals surface area (Å²) in [6.07, 6.45) is 5.90. The second-order valence-corrected chi connectivity index (χ2v) is 8.32. The highest BCUT2D eigenvalue weighted by Crippen LogP contribution is 2.28. The Kier molecular flexibility index (Phi) is 5.91. The third-order valence-electron chi connectivity index (χ3n) is 5.82. The maximum Gasteiger partial charge on any atom is 0.327 e. The first-order valence-corrected chi connectivity index (χ1v) is 9.94. The second-order valence-electron chi connectivity index (χ2n) is 8.32. The van der Waals surface area contributed by atoms with E-state index in [4.69, 9.17) is 0 Å². The molecule has 1 amide bonds. The molecule has 1 aromatic carbocycles. The topological polar surface area (TPSA) is 122 Å². The quantitative estimate of drug-likeness (QED) is 0.656. The van der Waals surface area contributed by atoms with Gasteiger partial charge in [0.05, 0.1) is 10.9 Å². The number of hydrogen-bond donors (Lipinski definition) is 3. The predicted octanol–water partition coefficient (Wildman–Crippen LogP) is 2.91. The molecule has 0 unspecified atom stereocenters. The molecule has 0 bridgehead atoms. The molecule has 0 radical (unpaired) electrons. The van der Waals surface area contributed by atoms with Crippen molar-refractivity contribution in [2.24, 2.45) is 11.3 Å². The summed E-state index contributed by atoms with van der Waals surface area (Å²) in [5.74, 6) is -2.90. The lowest BCUT2D eigenvalue weighted by molar-refractivity contribution is -0.156. The maximum atomic E-state index is 12.9. The second kappa shape index (κ2) is 8.23. The van der Waals surface area contributed by atoms with Crippen LogP contribution >= 0.6 is 0 Å². The third kappa shape index (κ3) is 4.26. The standard InChI is InChI=1S/C21H27N3O5/c1-21(2,20(28)29)17(19(26)27)22-18(25)16-14-10-6-7-11-15(14)24(23-16)12-13-8-4-3-5-9-13/h6-7,10-11,13,17H,3-5,8-9,12H2,1-2H3,(H,22,25)(H,26,27)(H,28,29)/t17-/m0/s1. The molecule has 29 heavy (non-hydrogen) atoms. The lowest BCUT2D eigenvalue weighted by atomic mass is 9.84. The molecule has 1 fully saturated rings. The van der Waals surface area contributed by atoms with Crippen LogP contribution in [0.2, 0.25) is 0 Å². The van der Waals surface area contributed by atoms with Gasteiger partial charge in [0, 0.05) is 11.9 Å². The largest absolute Gasteiger partial charge is 0.481 e. The van der Waals surface area contributed by atoms with E-state index in [9.17, 15) is 24.6 Å². The molecule has 1 aromatic heterocycles. The number of carbonyl (C=O) groups is 3. The Morgan fingerprint density at radius 3 is 2.45 bits per heavy atom. The summed E-state index contributed by atoms with van der Waals surface area (Å²) in [5, 5.41) is 26.3. The fourth-order valence-corrected chi connectivity index (χ4v) is 3.92. The highest BCUT2D eigenvalue weighted by Gasteiger charge is 2.43. The van der Waals surface area contributed by atoms with E-state index in [0.717, 1.165) is 18.4 Å². The molecule has 1 aliphatic rings. The summed E-state index contributed by atoms with van der Waals surface area (Å²) < 4.78 is 1.82. The van der Waals surface area contributed by atoms with Crippen LogP contribution in [0.4, 0.5) is 0 Å². The van der Waals surface area contributed by atoms with Gasteiger partial charge in [0.2, 0.25) is 0 Å². The predicted molar refractivity (Wildman–Crippen MR) is 107 cm³/mol. The van der Waals surface area contributed by atoms with Gasteiger partial charge >= 0.3 is 11.9 Å². The molecule has 1 aliphatic carbocycles. The number of rotatable bonds is 7. The Hall–Kier alpha value is -2.90. The molecule has 3 rings (SSSR count). The normalized spacial score (nSPS) is 16.5. The van der Waals surface area contributed by atoms with Crippen molar-refractivity contribution in [3.63, 3.8) is 0 Å². The van der Waals surface area contributed by atoms with Crippen LogP contribution in [0.1, 0.15) is 56.4 Å². The molecule has 3 N–H and O–H groups in total. The van der Waals surface area contributed by atoms with Crippen molar-refractivity contribution in [3.05, 3.63) is 30.0 Å². The Morgan fingerprint density at radius 1 is 1.17 bits per heavy atom. The minimum absolute atomic E-state index is 0.115.